The number of ether oxygens (including phenoxy) is 1. The van der Waals surface area contributed by atoms with Gasteiger partial charge in [0.1, 0.15) is 12.4 Å². The van der Waals surface area contributed by atoms with Crippen molar-refractivity contribution in [2.45, 2.75) is 37.8 Å². The summed E-state index contributed by atoms with van der Waals surface area (Å²) in [5.41, 5.74) is 4.45. The SMILES string of the molecule is Cc1ccc(OC[C@@H]2CCN2)cc1C(=O)NC1(c2cc(-c3cc4ccccc4s3)cc3ncccc23)CC1. The van der Waals surface area contributed by atoms with Gasteiger partial charge in [-0.15, -0.1) is 11.3 Å². The number of carbonyl (C=O) groups excluding carboxylic acids is 1. The summed E-state index contributed by atoms with van der Waals surface area (Å²) in [7, 11) is 0. The van der Waals surface area contributed by atoms with Gasteiger partial charge in [0.05, 0.1) is 11.1 Å². The summed E-state index contributed by atoms with van der Waals surface area (Å²) < 4.78 is 7.25. The lowest BCUT2D eigenvalue weighted by Gasteiger charge is -2.27. The monoisotopic (exact) mass is 519 g/mol. The lowest BCUT2D eigenvalue weighted by atomic mass is 9.95. The van der Waals surface area contributed by atoms with E-state index in [4.69, 9.17) is 9.72 Å². The Hall–Kier alpha value is -3.74. The van der Waals surface area contributed by atoms with Crippen molar-refractivity contribution in [2.75, 3.05) is 13.2 Å². The van der Waals surface area contributed by atoms with Gasteiger partial charge < -0.3 is 15.4 Å². The second kappa shape index (κ2) is 9.22. The number of hydrogen-bond acceptors (Lipinski definition) is 5. The Labute approximate surface area is 225 Å². The molecule has 3 aromatic carbocycles. The standard InChI is InChI=1S/C32H29N3O2S/c1-20-8-9-24(37-19-23-10-14-33-23)18-26(20)31(36)35-32(11-12-32)27-15-22(16-28-25(27)6-4-13-34-28)30-17-21-5-2-3-7-29(21)38-30/h2-9,13,15-18,23,33H,10-12,14,19H2,1H3,(H,35,36)/t23-/m0/s1. The predicted octanol–water partition coefficient (Wildman–Crippen LogP) is 6.58. The maximum Gasteiger partial charge on any atom is 0.252 e. The zero-order valence-electron chi connectivity index (χ0n) is 21.3. The Bertz CT molecular complexity index is 1650. The fraction of sp³-hybridized carbons (Fsp3) is 0.250. The Kier molecular flexibility index (Phi) is 5.68. The molecule has 7 rings (SSSR count). The van der Waals surface area contributed by atoms with Gasteiger partial charge in [-0.2, -0.15) is 0 Å². The van der Waals surface area contributed by atoms with Crippen LogP contribution in [0.4, 0.5) is 0 Å². The number of pyridine rings is 1. The molecular weight excluding hydrogens is 490 g/mol. The summed E-state index contributed by atoms with van der Waals surface area (Å²) in [6, 6.07) is 25.5. The van der Waals surface area contributed by atoms with Gasteiger partial charge in [0.2, 0.25) is 0 Å². The summed E-state index contributed by atoms with van der Waals surface area (Å²) in [5, 5.41) is 9.11. The summed E-state index contributed by atoms with van der Waals surface area (Å²) in [6.07, 6.45) is 4.78. The van der Waals surface area contributed by atoms with Crippen LogP contribution >= 0.6 is 11.3 Å². The quantitative estimate of drug-likeness (QED) is 0.255. The van der Waals surface area contributed by atoms with Crippen LogP contribution in [0.1, 0.15) is 40.7 Å². The molecule has 1 saturated carbocycles. The average molecular weight is 520 g/mol. The van der Waals surface area contributed by atoms with Gasteiger partial charge in [-0.05, 0) is 97.3 Å². The number of aryl methyl sites for hydroxylation is 1. The molecule has 0 radical (unpaired) electrons. The molecule has 3 heterocycles. The third kappa shape index (κ3) is 4.24. The van der Waals surface area contributed by atoms with Gasteiger partial charge in [0.15, 0.2) is 0 Å². The second-order valence-electron chi connectivity index (χ2n) is 10.5. The molecule has 2 aliphatic rings. The largest absolute Gasteiger partial charge is 0.492 e. The van der Waals surface area contributed by atoms with Gasteiger partial charge >= 0.3 is 0 Å². The predicted molar refractivity (Wildman–Crippen MR) is 154 cm³/mol. The van der Waals surface area contributed by atoms with Crippen molar-refractivity contribution in [3.05, 3.63) is 95.7 Å². The molecule has 1 saturated heterocycles. The third-order valence-electron chi connectivity index (χ3n) is 7.88. The fourth-order valence-electron chi connectivity index (χ4n) is 5.34. The van der Waals surface area contributed by atoms with E-state index in [1.807, 2.05) is 37.4 Å². The van der Waals surface area contributed by atoms with E-state index < -0.39 is 5.54 Å². The molecule has 190 valence electrons. The number of aromatic nitrogens is 1. The van der Waals surface area contributed by atoms with Gasteiger partial charge in [-0.3, -0.25) is 9.78 Å². The van der Waals surface area contributed by atoms with E-state index in [1.54, 1.807) is 11.3 Å². The number of amides is 1. The number of rotatable bonds is 7. The van der Waals surface area contributed by atoms with Crippen molar-refractivity contribution < 1.29 is 9.53 Å². The van der Waals surface area contributed by atoms with Crippen molar-refractivity contribution in [1.29, 1.82) is 0 Å². The number of benzene rings is 3. The average Bonchev–Trinajstić information content (AvgIpc) is 3.55. The molecule has 38 heavy (non-hydrogen) atoms. The second-order valence-corrected chi connectivity index (χ2v) is 11.6. The van der Waals surface area contributed by atoms with Crippen LogP contribution in [0, 0.1) is 6.92 Å². The van der Waals surface area contributed by atoms with Crippen LogP contribution in [0.3, 0.4) is 0 Å². The van der Waals surface area contributed by atoms with E-state index in [0.717, 1.165) is 59.2 Å². The minimum atomic E-state index is -0.399. The highest BCUT2D eigenvalue weighted by molar-refractivity contribution is 7.22. The fourth-order valence-corrected chi connectivity index (χ4v) is 6.39. The number of nitrogens with zero attached hydrogens (tertiary/aromatic N) is 1. The molecule has 5 aromatic rings. The molecule has 5 nitrogen and oxygen atoms in total. The molecule has 2 aromatic heterocycles. The first kappa shape index (κ1) is 23.4. The van der Waals surface area contributed by atoms with Crippen LogP contribution < -0.4 is 15.4 Å². The highest BCUT2D eigenvalue weighted by Gasteiger charge is 2.47. The maximum atomic E-state index is 13.7. The molecule has 6 heteroatoms. The Balaban J connectivity index is 1.22. The highest BCUT2D eigenvalue weighted by Crippen LogP contribution is 2.49. The molecule has 1 amide bonds. The molecule has 0 spiro atoms. The maximum absolute atomic E-state index is 13.7. The van der Waals surface area contributed by atoms with Crippen molar-refractivity contribution >= 4 is 38.2 Å². The normalized spacial score (nSPS) is 17.8. The van der Waals surface area contributed by atoms with Crippen LogP contribution in [-0.4, -0.2) is 30.1 Å². The zero-order valence-corrected chi connectivity index (χ0v) is 22.1. The van der Waals surface area contributed by atoms with Gasteiger partial charge in [-0.25, -0.2) is 0 Å². The minimum Gasteiger partial charge on any atom is -0.492 e. The third-order valence-corrected chi connectivity index (χ3v) is 9.05. The number of carbonyl (C=O) groups is 1. The van der Waals surface area contributed by atoms with E-state index >= 15 is 0 Å². The number of thiophene rings is 1. The van der Waals surface area contributed by atoms with E-state index in [1.165, 1.54) is 15.0 Å². The topological polar surface area (TPSA) is 63.2 Å². The molecule has 0 unspecified atom stereocenters. The lowest BCUT2D eigenvalue weighted by Crippen LogP contribution is -2.46. The Morgan fingerprint density at radius 1 is 1.11 bits per heavy atom. The van der Waals surface area contributed by atoms with E-state index in [0.29, 0.717) is 18.2 Å². The molecule has 1 aliphatic carbocycles. The number of fused-ring (bicyclic) bond motifs is 2. The molecule has 0 bridgehead atoms. The molecule has 1 aliphatic heterocycles. The summed E-state index contributed by atoms with van der Waals surface area (Å²) in [4.78, 5) is 19.6. The van der Waals surface area contributed by atoms with Crippen molar-refractivity contribution in [3.8, 4) is 16.2 Å². The van der Waals surface area contributed by atoms with E-state index in [2.05, 4.69) is 59.2 Å². The Morgan fingerprint density at radius 3 is 2.76 bits per heavy atom. The number of hydrogen-bond donors (Lipinski definition) is 2. The first-order valence-electron chi connectivity index (χ1n) is 13.3. The van der Waals surface area contributed by atoms with Gasteiger partial charge in [-0.1, -0.05) is 30.3 Å². The van der Waals surface area contributed by atoms with Crippen molar-refractivity contribution in [1.82, 2.24) is 15.6 Å². The van der Waals surface area contributed by atoms with Crippen LogP contribution in [0.2, 0.25) is 0 Å². The smallest absolute Gasteiger partial charge is 0.252 e. The van der Waals surface area contributed by atoms with Gasteiger partial charge in [0.25, 0.3) is 5.91 Å². The first-order chi connectivity index (χ1) is 18.6. The van der Waals surface area contributed by atoms with Crippen LogP contribution in [-0.2, 0) is 5.54 Å². The molecular formula is C32H29N3O2S. The summed E-state index contributed by atoms with van der Waals surface area (Å²) in [5.74, 6) is 0.678. The van der Waals surface area contributed by atoms with Crippen molar-refractivity contribution in [3.63, 3.8) is 0 Å². The van der Waals surface area contributed by atoms with Crippen LogP contribution in [0.5, 0.6) is 5.75 Å². The molecule has 2 fully saturated rings. The first-order valence-corrected chi connectivity index (χ1v) is 14.1. The highest BCUT2D eigenvalue weighted by atomic mass is 32.1. The minimum absolute atomic E-state index is 0.0588. The molecule has 1 atom stereocenters. The summed E-state index contributed by atoms with van der Waals surface area (Å²) in [6.45, 7) is 3.65. The van der Waals surface area contributed by atoms with E-state index in [-0.39, 0.29) is 5.91 Å². The van der Waals surface area contributed by atoms with E-state index in [9.17, 15) is 4.79 Å². The van der Waals surface area contributed by atoms with Crippen LogP contribution in [0.25, 0.3) is 31.4 Å². The van der Waals surface area contributed by atoms with Crippen LogP contribution in [0.15, 0.2) is 79.0 Å². The summed E-state index contributed by atoms with van der Waals surface area (Å²) >= 11 is 1.79. The zero-order chi connectivity index (χ0) is 25.7. The Morgan fingerprint density at radius 2 is 1.97 bits per heavy atom. The lowest BCUT2D eigenvalue weighted by molar-refractivity contribution is 0.0930. The van der Waals surface area contributed by atoms with Gasteiger partial charge in [0, 0.05) is 32.8 Å². The van der Waals surface area contributed by atoms with Crippen molar-refractivity contribution in [2.24, 2.45) is 0 Å². The molecule has 2 N–H and O–H groups in total. The number of nitrogens with one attached hydrogen (secondary N) is 2.